The van der Waals surface area contributed by atoms with E-state index in [1.165, 1.54) is 0 Å². The van der Waals surface area contributed by atoms with Crippen molar-refractivity contribution >= 4 is 0 Å². The van der Waals surface area contributed by atoms with Gasteiger partial charge in [0.25, 0.3) is 0 Å². The van der Waals surface area contributed by atoms with E-state index in [-0.39, 0.29) is 12.6 Å². The summed E-state index contributed by atoms with van der Waals surface area (Å²) in [4.78, 5) is 0. The lowest BCUT2D eigenvalue weighted by atomic mass is 10.2. The van der Waals surface area contributed by atoms with Crippen LogP contribution in [-0.2, 0) is 9.47 Å². The largest absolute Gasteiger partial charge is 0.508 e. The summed E-state index contributed by atoms with van der Waals surface area (Å²) < 4.78 is 10.0. The van der Waals surface area contributed by atoms with E-state index < -0.39 is 0 Å². The van der Waals surface area contributed by atoms with Crippen LogP contribution in [0.4, 0.5) is 0 Å². The van der Waals surface area contributed by atoms with Crippen LogP contribution in [0.25, 0.3) is 0 Å². The summed E-state index contributed by atoms with van der Waals surface area (Å²) in [6, 6.07) is 0. The molecule has 0 amide bonds. The molecule has 0 saturated heterocycles. The number of aliphatic hydroxyl groups excluding tert-OH is 1. The van der Waals surface area contributed by atoms with E-state index in [0.29, 0.717) is 6.61 Å². The van der Waals surface area contributed by atoms with Crippen molar-refractivity contribution < 1.29 is 14.6 Å². The Kier molecular flexibility index (Phi) is 1.43. The Bertz CT molecular complexity index is 261. The molecule has 3 nitrogen and oxygen atoms in total. The number of hydrogen-bond acceptors (Lipinski definition) is 3. The van der Waals surface area contributed by atoms with Gasteiger partial charge in [-0.25, -0.2) is 0 Å². The molecule has 0 aromatic rings. The van der Waals surface area contributed by atoms with Crippen molar-refractivity contribution in [2.45, 2.75) is 0 Å². The summed E-state index contributed by atoms with van der Waals surface area (Å²) in [5.74, 6) is 0.264. The zero-order valence-corrected chi connectivity index (χ0v) is 5.91. The summed E-state index contributed by atoms with van der Waals surface area (Å²) in [6.45, 7) is 0.793. The Morgan fingerprint density at radius 2 is 2.27 bits per heavy atom. The van der Waals surface area contributed by atoms with Crippen molar-refractivity contribution in [2.75, 3.05) is 13.4 Å². The molecule has 1 N–H and O–H groups in total. The van der Waals surface area contributed by atoms with Crippen LogP contribution in [0.5, 0.6) is 0 Å². The molecule has 0 aromatic heterocycles. The fourth-order valence-corrected chi connectivity index (χ4v) is 1.11. The van der Waals surface area contributed by atoms with Crippen LogP contribution in [0.15, 0.2) is 35.3 Å². The molecular weight excluding hydrogens is 144 g/mol. The Morgan fingerprint density at radius 3 is 3.18 bits per heavy atom. The molecule has 0 aromatic carbocycles. The van der Waals surface area contributed by atoms with Gasteiger partial charge in [0.15, 0.2) is 6.79 Å². The molecule has 11 heavy (non-hydrogen) atoms. The summed E-state index contributed by atoms with van der Waals surface area (Å²) in [5.41, 5.74) is 1.88. The molecule has 0 bridgehead atoms. The third kappa shape index (κ3) is 1.14. The predicted octanol–water partition coefficient (Wildman–Crippen LogP) is 1.26. The van der Waals surface area contributed by atoms with Crippen LogP contribution in [0.3, 0.4) is 0 Å². The molecular formula is C8H8O3. The number of ether oxygens (including phenoxy) is 2. The van der Waals surface area contributed by atoms with E-state index in [9.17, 15) is 0 Å². The van der Waals surface area contributed by atoms with Crippen molar-refractivity contribution in [1.82, 2.24) is 0 Å². The van der Waals surface area contributed by atoms with E-state index in [1.54, 1.807) is 18.4 Å². The summed E-state index contributed by atoms with van der Waals surface area (Å²) >= 11 is 0. The minimum absolute atomic E-state index is 0.264. The van der Waals surface area contributed by atoms with Crippen molar-refractivity contribution in [3.05, 3.63) is 35.3 Å². The van der Waals surface area contributed by atoms with Crippen molar-refractivity contribution in [3.63, 3.8) is 0 Å². The Balaban J connectivity index is 2.31. The van der Waals surface area contributed by atoms with Gasteiger partial charge in [-0.3, -0.25) is 0 Å². The third-order valence-corrected chi connectivity index (χ3v) is 1.62. The third-order valence-electron chi connectivity index (χ3n) is 1.62. The molecule has 0 unspecified atom stereocenters. The van der Waals surface area contributed by atoms with Gasteiger partial charge in [-0.1, -0.05) is 0 Å². The van der Waals surface area contributed by atoms with Gasteiger partial charge < -0.3 is 14.6 Å². The summed E-state index contributed by atoms with van der Waals surface area (Å²) in [7, 11) is 0. The number of hydrogen-bond donors (Lipinski definition) is 1. The second kappa shape index (κ2) is 2.43. The van der Waals surface area contributed by atoms with Gasteiger partial charge in [-0.05, 0) is 17.7 Å². The minimum Gasteiger partial charge on any atom is -0.508 e. The maximum atomic E-state index is 9.08. The smallest absolute Gasteiger partial charge is 0.188 e. The lowest BCUT2D eigenvalue weighted by Gasteiger charge is -1.97. The Morgan fingerprint density at radius 1 is 1.36 bits per heavy atom. The molecule has 0 fully saturated rings. The van der Waals surface area contributed by atoms with Gasteiger partial charge in [-0.15, -0.1) is 0 Å². The first-order valence-electron chi connectivity index (χ1n) is 3.37. The first kappa shape index (κ1) is 6.49. The first-order valence-corrected chi connectivity index (χ1v) is 3.37. The van der Waals surface area contributed by atoms with Gasteiger partial charge in [0.1, 0.15) is 5.76 Å². The Hall–Kier alpha value is -1.22. The van der Waals surface area contributed by atoms with Gasteiger partial charge in [-0.2, -0.15) is 0 Å². The van der Waals surface area contributed by atoms with Crippen LogP contribution >= 0.6 is 0 Å². The maximum absolute atomic E-state index is 9.08. The highest BCUT2D eigenvalue weighted by molar-refractivity contribution is 5.50. The second-order valence-corrected chi connectivity index (χ2v) is 2.44. The fraction of sp³-hybridized carbons (Fsp3) is 0.250. The van der Waals surface area contributed by atoms with Crippen molar-refractivity contribution in [1.29, 1.82) is 0 Å². The lowest BCUT2D eigenvalue weighted by molar-refractivity contribution is 0.00556. The highest BCUT2D eigenvalue weighted by Gasteiger charge is 2.14. The topological polar surface area (TPSA) is 38.7 Å². The van der Waals surface area contributed by atoms with Gasteiger partial charge >= 0.3 is 0 Å². The zero-order valence-electron chi connectivity index (χ0n) is 5.91. The highest BCUT2D eigenvalue weighted by Crippen LogP contribution is 2.23. The van der Waals surface area contributed by atoms with Crippen LogP contribution in [-0.4, -0.2) is 18.5 Å². The monoisotopic (exact) mass is 152 g/mol. The SMILES string of the molecule is OC1=CC2=COCOCC2=C1. The van der Waals surface area contributed by atoms with Crippen LogP contribution in [0, 0.1) is 0 Å². The van der Waals surface area contributed by atoms with E-state index in [0.717, 1.165) is 11.1 Å². The quantitative estimate of drug-likeness (QED) is 0.567. The Labute approximate surface area is 64.2 Å². The molecule has 2 aliphatic rings. The summed E-state index contributed by atoms with van der Waals surface area (Å²) in [5, 5.41) is 9.08. The van der Waals surface area contributed by atoms with E-state index >= 15 is 0 Å². The molecule has 2 rings (SSSR count). The molecule has 0 radical (unpaired) electrons. The van der Waals surface area contributed by atoms with Gasteiger partial charge in [0, 0.05) is 5.57 Å². The number of aliphatic hydroxyl groups is 1. The first-order chi connectivity index (χ1) is 5.36. The molecule has 0 saturated carbocycles. The standard InChI is InChI=1S/C8H8O3/c9-8-1-6-3-10-5-11-4-7(6)2-8/h1-3,9H,4-5H2. The molecule has 1 heterocycles. The normalized spacial score (nSPS) is 22.4. The summed E-state index contributed by atoms with van der Waals surface area (Å²) in [6.07, 6.45) is 4.94. The number of fused-ring (bicyclic) bond motifs is 1. The maximum Gasteiger partial charge on any atom is 0.188 e. The van der Waals surface area contributed by atoms with E-state index in [4.69, 9.17) is 14.6 Å². The number of allylic oxidation sites excluding steroid dienone is 2. The van der Waals surface area contributed by atoms with Crippen LogP contribution in [0.1, 0.15) is 0 Å². The van der Waals surface area contributed by atoms with Crippen molar-refractivity contribution in [3.8, 4) is 0 Å². The minimum atomic E-state index is 0.264. The highest BCUT2D eigenvalue weighted by atomic mass is 16.7. The average molecular weight is 152 g/mol. The molecule has 58 valence electrons. The van der Waals surface area contributed by atoms with Crippen LogP contribution in [0.2, 0.25) is 0 Å². The van der Waals surface area contributed by atoms with E-state index in [1.807, 2.05) is 0 Å². The predicted molar refractivity (Wildman–Crippen MR) is 38.8 cm³/mol. The molecule has 3 heteroatoms. The molecule has 1 aliphatic heterocycles. The second-order valence-electron chi connectivity index (χ2n) is 2.44. The van der Waals surface area contributed by atoms with E-state index in [2.05, 4.69) is 0 Å². The number of rotatable bonds is 0. The van der Waals surface area contributed by atoms with Crippen molar-refractivity contribution in [2.24, 2.45) is 0 Å². The lowest BCUT2D eigenvalue weighted by Crippen LogP contribution is -1.95. The fourth-order valence-electron chi connectivity index (χ4n) is 1.11. The van der Waals surface area contributed by atoms with Crippen LogP contribution < -0.4 is 0 Å². The molecule has 0 atom stereocenters. The molecule has 0 spiro atoms. The molecule has 1 aliphatic carbocycles. The van der Waals surface area contributed by atoms with Gasteiger partial charge in [0.05, 0.1) is 12.9 Å². The zero-order chi connectivity index (χ0) is 7.68. The average Bonchev–Trinajstić information content (AvgIpc) is 2.17. The van der Waals surface area contributed by atoms with Gasteiger partial charge in [0.2, 0.25) is 0 Å².